The number of hydrogen-bond donors (Lipinski definition) is 4. The van der Waals surface area contributed by atoms with Gasteiger partial charge in [-0.3, -0.25) is 0 Å². The SMILES string of the molecule is Nc1cc(N)cc(CCCCCCCOCCCCCCCc2cc(N)cc(N)c2)c1. The molecular formula is C26H42N4O. The second-order valence-electron chi connectivity index (χ2n) is 8.66. The zero-order chi connectivity index (χ0) is 22.3. The van der Waals surface area contributed by atoms with Crippen molar-refractivity contribution in [1.82, 2.24) is 0 Å². The van der Waals surface area contributed by atoms with E-state index < -0.39 is 0 Å². The molecule has 0 aliphatic rings. The first-order valence-electron chi connectivity index (χ1n) is 11.9. The highest BCUT2D eigenvalue weighted by atomic mass is 16.5. The molecule has 2 aromatic rings. The lowest BCUT2D eigenvalue weighted by atomic mass is 10.0. The maximum absolute atomic E-state index is 5.84. The van der Waals surface area contributed by atoms with Crippen molar-refractivity contribution in [3.8, 4) is 0 Å². The average Bonchev–Trinajstić information content (AvgIpc) is 2.69. The molecule has 31 heavy (non-hydrogen) atoms. The van der Waals surface area contributed by atoms with Crippen LogP contribution in [0.2, 0.25) is 0 Å². The van der Waals surface area contributed by atoms with Gasteiger partial charge in [0.25, 0.3) is 0 Å². The molecule has 8 N–H and O–H groups in total. The Bertz CT molecular complexity index is 659. The first-order chi connectivity index (χ1) is 15.0. The van der Waals surface area contributed by atoms with Crippen molar-refractivity contribution in [2.75, 3.05) is 36.1 Å². The van der Waals surface area contributed by atoms with Crippen molar-refractivity contribution in [3.63, 3.8) is 0 Å². The lowest BCUT2D eigenvalue weighted by Gasteiger charge is -2.07. The third-order valence-electron chi connectivity index (χ3n) is 5.58. The molecule has 2 aromatic carbocycles. The number of unbranched alkanes of at least 4 members (excludes halogenated alkanes) is 8. The largest absolute Gasteiger partial charge is 0.399 e. The summed E-state index contributed by atoms with van der Waals surface area (Å²) in [5.41, 5.74) is 28.9. The van der Waals surface area contributed by atoms with Crippen molar-refractivity contribution in [3.05, 3.63) is 47.5 Å². The predicted octanol–water partition coefficient (Wildman–Crippen LogP) is 5.72. The van der Waals surface area contributed by atoms with E-state index in [2.05, 4.69) is 0 Å². The Morgan fingerprint density at radius 3 is 1.13 bits per heavy atom. The molecule has 0 aliphatic heterocycles. The molecule has 0 spiro atoms. The molecule has 0 atom stereocenters. The summed E-state index contributed by atoms with van der Waals surface area (Å²) in [6.45, 7) is 1.78. The second kappa shape index (κ2) is 14.6. The quantitative estimate of drug-likeness (QED) is 0.202. The summed E-state index contributed by atoms with van der Waals surface area (Å²) in [5.74, 6) is 0. The van der Waals surface area contributed by atoms with E-state index in [0.717, 1.165) is 61.6 Å². The van der Waals surface area contributed by atoms with Crippen LogP contribution in [-0.2, 0) is 17.6 Å². The van der Waals surface area contributed by atoms with Crippen molar-refractivity contribution in [2.24, 2.45) is 0 Å². The summed E-state index contributed by atoms with van der Waals surface area (Å²) in [4.78, 5) is 0. The molecule has 0 saturated heterocycles. The van der Waals surface area contributed by atoms with Crippen LogP contribution < -0.4 is 22.9 Å². The fourth-order valence-corrected chi connectivity index (χ4v) is 4.01. The Morgan fingerprint density at radius 2 is 0.742 bits per heavy atom. The Balaban J connectivity index is 1.33. The van der Waals surface area contributed by atoms with Crippen LogP contribution in [0.5, 0.6) is 0 Å². The highest BCUT2D eigenvalue weighted by Gasteiger charge is 1.99. The number of hydrogen-bond acceptors (Lipinski definition) is 5. The van der Waals surface area contributed by atoms with Crippen LogP contribution in [0.4, 0.5) is 22.7 Å². The lowest BCUT2D eigenvalue weighted by molar-refractivity contribution is 0.125. The summed E-state index contributed by atoms with van der Waals surface area (Å²) in [6.07, 6.45) is 14.3. The first-order valence-corrected chi connectivity index (χ1v) is 11.9. The smallest absolute Gasteiger partial charge is 0.0466 e. The molecule has 0 saturated carbocycles. The number of nitrogen functional groups attached to an aromatic ring is 4. The first kappa shape index (κ1) is 24.9. The highest BCUT2D eigenvalue weighted by molar-refractivity contribution is 5.55. The van der Waals surface area contributed by atoms with Crippen LogP contribution in [0.1, 0.15) is 75.3 Å². The van der Waals surface area contributed by atoms with Gasteiger partial charge in [0.05, 0.1) is 0 Å². The maximum Gasteiger partial charge on any atom is 0.0466 e. The zero-order valence-corrected chi connectivity index (χ0v) is 19.1. The minimum absolute atomic E-state index is 0.760. The molecule has 0 aliphatic carbocycles. The fraction of sp³-hybridized carbons (Fsp3) is 0.538. The summed E-state index contributed by atoms with van der Waals surface area (Å²) in [7, 11) is 0. The summed E-state index contributed by atoms with van der Waals surface area (Å²) in [6, 6.07) is 11.7. The van der Waals surface area contributed by atoms with Crippen molar-refractivity contribution in [1.29, 1.82) is 0 Å². The third-order valence-corrected chi connectivity index (χ3v) is 5.58. The standard InChI is InChI=1S/C26H42N4O/c27-23-15-21(16-24(28)19-23)11-7-3-1-5-9-13-31-14-10-6-2-4-8-12-22-17-25(29)20-26(30)18-22/h15-20H,1-14,27-30H2. The zero-order valence-electron chi connectivity index (χ0n) is 19.1. The number of aryl methyl sites for hydroxylation is 2. The van der Waals surface area contributed by atoms with Crippen molar-refractivity contribution < 1.29 is 4.74 Å². The molecule has 5 nitrogen and oxygen atoms in total. The van der Waals surface area contributed by atoms with Gasteiger partial charge in [-0.1, -0.05) is 38.5 Å². The van der Waals surface area contributed by atoms with E-state index in [9.17, 15) is 0 Å². The van der Waals surface area contributed by atoms with Gasteiger partial charge < -0.3 is 27.7 Å². The Morgan fingerprint density at radius 1 is 0.419 bits per heavy atom. The molecule has 0 aromatic heterocycles. The third kappa shape index (κ3) is 11.5. The molecule has 172 valence electrons. The molecule has 0 radical (unpaired) electrons. The molecule has 0 fully saturated rings. The molecule has 5 heteroatoms. The number of ether oxygens (including phenoxy) is 1. The van der Waals surface area contributed by atoms with Gasteiger partial charge in [0, 0.05) is 36.0 Å². The monoisotopic (exact) mass is 426 g/mol. The summed E-state index contributed by atoms with van der Waals surface area (Å²) < 4.78 is 5.78. The van der Waals surface area contributed by atoms with Crippen LogP contribution in [-0.4, -0.2) is 13.2 Å². The molecule has 0 amide bonds. The van der Waals surface area contributed by atoms with Crippen LogP contribution in [0.15, 0.2) is 36.4 Å². The predicted molar refractivity (Wildman–Crippen MR) is 135 cm³/mol. The van der Waals surface area contributed by atoms with Gasteiger partial charge in [0.2, 0.25) is 0 Å². The second-order valence-corrected chi connectivity index (χ2v) is 8.66. The van der Waals surface area contributed by atoms with Crippen LogP contribution in [0, 0.1) is 0 Å². The number of anilines is 4. The number of rotatable bonds is 16. The Kier molecular flexibility index (Phi) is 11.7. The van der Waals surface area contributed by atoms with E-state index in [-0.39, 0.29) is 0 Å². The van der Waals surface area contributed by atoms with E-state index in [1.165, 1.54) is 62.5 Å². The van der Waals surface area contributed by atoms with Crippen molar-refractivity contribution >= 4 is 22.7 Å². The molecule has 0 heterocycles. The van der Waals surface area contributed by atoms with Crippen LogP contribution in [0.3, 0.4) is 0 Å². The molecular weight excluding hydrogens is 384 g/mol. The van der Waals surface area contributed by atoms with Gasteiger partial charge in [-0.15, -0.1) is 0 Å². The van der Waals surface area contributed by atoms with Gasteiger partial charge >= 0.3 is 0 Å². The van der Waals surface area contributed by atoms with E-state index in [1.54, 1.807) is 0 Å². The summed E-state index contributed by atoms with van der Waals surface area (Å²) in [5, 5.41) is 0. The number of benzene rings is 2. The minimum Gasteiger partial charge on any atom is -0.399 e. The number of nitrogens with two attached hydrogens (primary N) is 4. The van der Waals surface area contributed by atoms with Crippen LogP contribution >= 0.6 is 0 Å². The minimum atomic E-state index is 0.760. The topological polar surface area (TPSA) is 113 Å². The van der Waals surface area contributed by atoms with E-state index >= 15 is 0 Å². The lowest BCUT2D eigenvalue weighted by Crippen LogP contribution is -1.98. The molecule has 0 bridgehead atoms. The molecule has 2 rings (SSSR count). The summed E-state index contributed by atoms with van der Waals surface area (Å²) >= 11 is 0. The van der Waals surface area contributed by atoms with Gasteiger partial charge in [0.1, 0.15) is 0 Å². The van der Waals surface area contributed by atoms with Gasteiger partial charge in [-0.25, -0.2) is 0 Å². The Hall–Kier alpha value is -2.40. The van der Waals surface area contributed by atoms with Gasteiger partial charge in [-0.2, -0.15) is 0 Å². The normalized spacial score (nSPS) is 11.1. The highest BCUT2D eigenvalue weighted by Crippen LogP contribution is 2.17. The Labute approximate surface area is 188 Å². The van der Waals surface area contributed by atoms with Crippen LogP contribution in [0.25, 0.3) is 0 Å². The van der Waals surface area contributed by atoms with E-state index in [1.807, 2.05) is 36.4 Å². The van der Waals surface area contributed by atoms with E-state index in [4.69, 9.17) is 27.7 Å². The average molecular weight is 427 g/mol. The fourth-order valence-electron chi connectivity index (χ4n) is 4.01. The van der Waals surface area contributed by atoms with Gasteiger partial charge in [-0.05, 0) is 86.1 Å². The van der Waals surface area contributed by atoms with Crippen molar-refractivity contribution in [2.45, 2.75) is 77.0 Å². The van der Waals surface area contributed by atoms with E-state index in [0.29, 0.717) is 0 Å². The van der Waals surface area contributed by atoms with Gasteiger partial charge in [0.15, 0.2) is 0 Å². The maximum atomic E-state index is 5.84. The molecule has 0 unspecified atom stereocenters.